The number of hydrogen-bond donors (Lipinski definition) is 2. The van der Waals surface area contributed by atoms with Crippen LogP contribution in [0.15, 0.2) is 18.2 Å². The second-order valence-corrected chi connectivity index (χ2v) is 5.27. The van der Waals surface area contributed by atoms with Gasteiger partial charge in [-0.25, -0.2) is 0 Å². The number of carbonyl (C=O) groups is 1. The van der Waals surface area contributed by atoms with Crippen molar-refractivity contribution in [1.82, 2.24) is 4.90 Å². The number of carbonyl (C=O) groups excluding carboxylic acids is 1. The highest BCUT2D eigenvalue weighted by Crippen LogP contribution is 2.25. The third-order valence-corrected chi connectivity index (χ3v) is 3.84. The van der Waals surface area contributed by atoms with Gasteiger partial charge in [-0.15, -0.1) is 0 Å². The molecule has 4 nitrogen and oxygen atoms in total. The predicted octanol–water partition coefficient (Wildman–Crippen LogP) is 2.65. The molecule has 1 aliphatic carbocycles. The van der Waals surface area contributed by atoms with Gasteiger partial charge in [-0.3, -0.25) is 4.79 Å². The molecule has 1 aromatic carbocycles. The number of nitrogens with zero attached hydrogens (tertiary/aromatic N) is 1. The maximum absolute atomic E-state index is 12.6. The van der Waals surface area contributed by atoms with Crippen LogP contribution in [0, 0.1) is 0 Å². The van der Waals surface area contributed by atoms with Crippen LogP contribution in [0.2, 0.25) is 0 Å². The molecule has 0 spiro atoms. The average molecular weight is 261 g/mol. The SMILES string of the molecule is CCN(C(=O)c1cc(N)cc(N)c1)C1CCCCC1. The molecule has 0 bridgehead atoms. The zero-order chi connectivity index (χ0) is 13.8. The van der Waals surface area contributed by atoms with E-state index in [1.54, 1.807) is 18.2 Å². The molecular formula is C15H23N3O. The molecule has 1 aliphatic rings. The minimum Gasteiger partial charge on any atom is -0.399 e. The molecule has 1 aromatic rings. The summed E-state index contributed by atoms with van der Waals surface area (Å²) in [5.74, 6) is 0.0494. The molecule has 1 fully saturated rings. The minimum atomic E-state index is 0.0494. The molecule has 0 radical (unpaired) electrons. The van der Waals surface area contributed by atoms with Gasteiger partial charge in [0, 0.05) is 29.5 Å². The molecule has 19 heavy (non-hydrogen) atoms. The van der Waals surface area contributed by atoms with Crippen molar-refractivity contribution in [3.63, 3.8) is 0 Å². The average Bonchev–Trinajstić information content (AvgIpc) is 2.39. The number of anilines is 2. The van der Waals surface area contributed by atoms with Crippen LogP contribution in [0.3, 0.4) is 0 Å². The predicted molar refractivity (Wildman–Crippen MR) is 78.9 cm³/mol. The van der Waals surface area contributed by atoms with E-state index in [1.807, 2.05) is 11.8 Å². The Labute approximate surface area is 114 Å². The van der Waals surface area contributed by atoms with Gasteiger partial charge < -0.3 is 16.4 Å². The lowest BCUT2D eigenvalue weighted by molar-refractivity contribution is 0.0648. The van der Waals surface area contributed by atoms with E-state index in [9.17, 15) is 4.79 Å². The van der Waals surface area contributed by atoms with Crippen molar-refractivity contribution in [1.29, 1.82) is 0 Å². The van der Waals surface area contributed by atoms with Crippen LogP contribution in [-0.2, 0) is 0 Å². The van der Waals surface area contributed by atoms with Crippen LogP contribution >= 0.6 is 0 Å². The minimum absolute atomic E-state index is 0.0494. The first-order valence-corrected chi connectivity index (χ1v) is 7.09. The monoisotopic (exact) mass is 261 g/mol. The summed E-state index contributed by atoms with van der Waals surface area (Å²) in [5, 5.41) is 0. The number of benzene rings is 1. The Hall–Kier alpha value is -1.71. The van der Waals surface area contributed by atoms with Crippen LogP contribution in [0.4, 0.5) is 11.4 Å². The van der Waals surface area contributed by atoms with E-state index in [4.69, 9.17) is 11.5 Å². The lowest BCUT2D eigenvalue weighted by Crippen LogP contribution is -2.41. The molecule has 0 aromatic heterocycles. The maximum atomic E-state index is 12.6. The fourth-order valence-corrected chi connectivity index (χ4v) is 2.93. The van der Waals surface area contributed by atoms with Crippen molar-refractivity contribution < 1.29 is 4.79 Å². The zero-order valence-corrected chi connectivity index (χ0v) is 11.6. The number of nitrogen functional groups attached to an aromatic ring is 2. The molecule has 104 valence electrons. The molecule has 0 aliphatic heterocycles. The van der Waals surface area contributed by atoms with Gasteiger partial charge in [0.05, 0.1) is 0 Å². The number of hydrogen-bond acceptors (Lipinski definition) is 3. The van der Waals surface area contributed by atoms with Crippen LogP contribution in [0.5, 0.6) is 0 Å². The molecule has 1 amide bonds. The van der Waals surface area contributed by atoms with Crippen LogP contribution < -0.4 is 11.5 Å². The molecule has 4 heteroatoms. The molecular weight excluding hydrogens is 238 g/mol. The van der Waals surface area contributed by atoms with Crippen LogP contribution in [-0.4, -0.2) is 23.4 Å². The fraction of sp³-hybridized carbons (Fsp3) is 0.533. The van der Waals surface area contributed by atoms with E-state index in [2.05, 4.69) is 0 Å². The lowest BCUT2D eigenvalue weighted by atomic mass is 9.93. The van der Waals surface area contributed by atoms with Crippen molar-refractivity contribution in [2.75, 3.05) is 18.0 Å². The summed E-state index contributed by atoms with van der Waals surface area (Å²) in [7, 11) is 0. The third-order valence-electron chi connectivity index (χ3n) is 3.84. The summed E-state index contributed by atoms with van der Waals surface area (Å²) in [6.07, 6.45) is 5.93. The van der Waals surface area contributed by atoms with Gasteiger partial charge in [0.25, 0.3) is 5.91 Å². The molecule has 0 unspecified atom stereocenters. The van der Waals surface area contributed by atoms with E-state index in [1.165, 1.54) is 19.3 Å². The molecule has 2 rings (SSSR count). The molecule has 0 heterocycles. The molecule has 4 N–H and O–H groups in total. The van der Waals surface area contributed by atoms with Crippen LogP contribution in [0.25, 0.3) is 0 Å². The number of rotatable bonds is 3. The smallest absolute Gasteiger partial charge is 0.254 e. The Morgan fingerprint density at radius 1 is 1.16 bits per heavy atom. The van der Waals surface area contributed by atoms with Gasteiger partial charge in [-0.1, -0.05) is 19.3 Å². The Bertz CT molecular complexity index is 432. The van der Waals surface area contributed by atoms with E-state index in [-0.39, 0.29) is 5.91 Å². The quantitative estimate of drug-likeness (QED) is 0.822. The normalized spacial score (nSPS) is 16.3. The highest BCUT2D eigenvalue weighted by atomic mass is 16.2. The highest BCUT2D eigenvalue weighted by Gasteiger charge is 2.25. The first-order chi connectivity index (χ1) is 9.11. The second kappa shape index (κ2) is 5.95. The number of nitrogens with two attached hydrogens (primary N) is 2. The van der Waals surface area contributed by atoms with Crippen LogP contribution in [0.1, 0.15) is 49.4 Å². The molecule has 0 atom stereocenters. The Morgan fingerprint density at radius 2 is 1.74 bits per heavy atom. The third kappa shape index (κ3) is 3.19. The molecule has 0 saturated heterocycles. The molecule has 1 saturated carbocycles. The van der Waals surface area contributed by atoms with Crippen molar-refractivity contribution >= 4 is 17.3 Å². The summed E-state index contributed by atoms with van der Waals surface area (Å²) in [6, 6.07) is 5.47. The summed E-state index contributed by atoms with van der Waals surface area (Å²) < 4.78 is 0. The standard InChI is InChI=1S/C15H23N3O/c1-2-18(14-6-4-3-5-7-14)15(19)11-8-12(16)10-13(17)9-11/h8-10,14H,2-7,16-17H2,1H3. The first kappa shape index (κ1) is 13.7. The van der Waals surface area contributed by atoms with E-state index in [0.717, 1.165) is 19.4 Å². The Balaban J connectivity index is 2.19. The topological polar surface area (TPSA) is 72.3 Å². The van der Waals surface area contributed by atoms with Crippen molar-refractivity contribution in [2.45, 2.75) is 45.1 Å². The maximum Gasteiger partial charge on any atom is 0.254 e. The highest BCUT2D eigenvalue weighted by molar-refractivity contribution is 5.96. The van der Waals surface area contributed by atoms with Gasteiger partial charge in [0.2, 0.25) is 0 Å². The van der Waals surface area contributed by atoms with Gasteiger partial charge >= 0.3 is 0 Å². The van der Waals surface area contributed by atoms with Gasteiger partial charge in [0.15, 0.2) is 0 Å². The number of amides is 1. The van der Waals surface area contributed by atoms with Crippen molar-refractivity contribution in [2.24, 2.45) is 0 Å². The van der Waals surface area contributed by atoms with Crippen molar-refractivity contribution in [3.8, 4) is 0 Å². The van der Waals surface area contributed by atoms with Gasteiger partial charge in [-0.05, 0) is 38.0 Å². The van der Waals surface area contributed by atoms with E-state index >= 15 is 0 Å². The Morgan fingerprint density at radius 3 is 2.26 bits per heavy atom. The largest absolute Gasteiger partial charge is 0.399 e. The lowest BCUT2D eigenvalue weighted by Gasteiger charge is -2.33. The summed E-state index contributed by atoms with van der Waals surface area (Å²) >= 11 is 0. The van der Waals surface area contributed by atoms with Crippen molar-refractivity contribution in [3.05, 3.63) is 23.8 Å². The van der Waals surface area contributed by atoms with Gasteiger partial charge in [-0.2, -0.15) is 0 Å². The second-order valence-electron chi connectivity index (χ2n) is 5.27. The zero-order valence-electron chi connectivity index (χ0n) is 11.6. The van der Waals surface area contributed by atoms with E-state index < -0.39 is 0 Å². The summed E-state index contributed by atoms with van der Waals surface area (Å²) in [4.78, 5) is 14.6. The summed E-state index contributed by atoms with van der Waals surface area (Å²) in [5.41, 5.74) is 13.2. The summed E-state index contributed by atoms with van der Waals surface area (Å²) in [6.45, 7) is 2.76. The Kier molecular flexibility index (Phi) is 4.30. The van der Waals surface area contributed by atoms with Gasteiger partial charge in [0.1, 0.15) is 0 Å². The first-order valence-electron chi connectivity index (χ1n) is 7.09. The van der Waals surface area contributed by atoms with E-state index in [0.29, 0.717) is 23.0 Å². The fourth-order valence-electron chi connectivity index (χ4n) is 2.93.